The minimum absolute atomic E-state index is 0.0455. The predicted octanol–water partition coefficient (Wildman–Crippen LogP) is 2.09. The van der Waals surface area contributed by atoms with Crippen molar-refractivity contribution in [3.05, 3.63) is 35.1 Å². The molecule has 106 valence electrons. The van der Waals surface area contributed by atoms with Crippen LogP contribution in [-0.2, 0) is 0 Å². The van der Waals surface area contributed by atoms with Crippen LogP contribution in [0.25, 0.3) is 0 Å². The van der Waals surface area contributed by atoms with Crippen molar-refractivity contribution >= 4 is 5.91 Å². The summed E-state index contributed by atoms with van der Waals surface area (Å²) < 4.78 is 13.8. The topological polar surface area (TPSA) is 49.3 Å². The number of amides is 1. The first-order valence-corrected chi connectivity index (χ1v) is 6.88. The lowest BCUT2D eigenvalue weighted by Gasteiger charge is -2.05. The number of hydrogen-bond donors (Lipinski definition) is 2. The lowest BCUT2D eigenvalue weighted by atomic mass is 10.1. The van der Waals surface area contributed by atoms with Gasteiger partial charge in [-0.05, 0) is 30.5 Å². The number of aliphatic hydroxyl groups excluding tert-OH is 1. The third-order valence-electron chi connectivity index (χ3n) is 3.23. The van der Waals surface area contributed by atoms with Gasteiger partial charge in [0.05, 0.1) is 12.2 Å². The van der Waals surface area contributed by atoms with Crippen LogP contribution >= 0.6 is 0 Å². The van der Waals surface area contributed by atoms with Crippen molar-refractivity contribution in [3.63, 3.8) is 0 Å². The molecule has 0 bridgehead atoms. The Morgan fingerprint density at radius 2 is 2.25 bits per heavy atom. The van der Waals surface area contributed by atoms with Gasteiger partial charge >= 0.3 is 0 Å². The van der Waals surface area contributed by atoms with Crippen LogP contribution in [0.1, 0.15) is 41.6 Å². The number of hydrogen-bond acceptors (Lipinski definition) is 2. The summed E-state index contributed by atoms with van der Waals surface area (Å²) >= 11 is 0. The molecule has 1 aliphatic carbocycles. The van der Waals surface area contributed by atoms with Gasteiger partial charge < -0.3 is 10.4 Å². The van der Waals surface area contributed by atoms with Crippen LogP contribution in [0.15, 0.2) is 18.2 Å². The molecule has 0 atom stereocenters. The van der Waals surface area contributed by atoms with Gasteiger partial charge in [0.2, 0.25) is 0 Å². The Hall–Kier alpha value is -1.86. The number of carbonyl (C=O) groups is 1. The molecule has 2 N–H and O–H groups in total. The quantitative estimate of drug-likeness (QED) is 0.808. The Morgan fingerprint density at radius 3 is 2.90 bits per heavy atom. The largest absolute Gasteiger partial charge is 0.395 e. The van der Waals surface area contributed by atoms with E-state index in [0.717, 1.165) is 12.3 Å². The molecule has 0 heterocycles. The van der Waals surface area contributed by atoms with E-state index >= 15 is 0 Å². The molecule has 0 aromatic heterocycles. The van der Waals surface area contributed by atoms with Gasteiger partial charge in [-0.3, -0.25) is 4.79 Å². The molecule has 1 saturated carbocycles. The molecule has 1 amide bonds. The fraction of sp³-hybridized carbons (Fsp3) is 0.438. The van der Waals surface area contributed by atoms with Crippen molar-refractivity contribution in [2.24, 2.45) is 5.92 Å². The van der Waals surface area contributed by atoms with Gasteiger partial charge in [0, 0.05) is 18.5 Å². The molecular weight excluding hydrogens is 257 g/mol. The molecule has 0 radical (unpaired) electrons. The molecule has 0 saturated heterocycles. The number of benzene rings is 1. The Balaban J connectivity index is 1.93. The Kier molecular flexibility index (Phi) is 5.14. The lowest BCUT2D eigenvalue weighted by Crippen LogP contribution is -2.24. The van der Waals surface area contributed by atoms with E-state index in [4.69, 9.17) is 5.11 Å². The molecule has 1 aliphatic rings. The maximum atomic E-state index is 13.8. The number of aliphatic hydroxyl groups is 1. The summed E-state index contributed by atoms with van der Waals surface area (Å²) in [5, 5.41) is 11.4. The fourth-order valence-corrected chi connectivity index (χ4v) is 1.87. The van der Waals surface area contributed by atoms with Crippen molar-refractivity contribution in [1.29, 1.82) is 0 Å². The van der Waals surface area contributed by atoms with Crippen molar-refractivity contribution in [3.8, 4) is 11.8 Å². The average molecular weight is 275 g/mol. The molecule has 1 fully saturated rings. The van der Waals surface area contributed by atoms with Crippen molar-refractivity contribution in [2.75, 3.05) is 13.2 Å². The molecule has 1 aromatic carbocycles. The standard InChI is InChI=1S/C16H18FNO2/c17-15-11-14(7-6-13(15)3-1-2-10-19)16(20)18-9-8-12-4-5-12/h6-7,11-12,19H,2,4-5,8-10H2,(H,18,20). The van der Waals surface area contributed by atoms with E-state index in [2.05, 4.69) is 17.2 Å². The van der Waals surface area contributed by atoms with Gasteiger partial charge in [0.1, 0.15) is 5.82 Å². The molecular formula is C16H18FNO2. The third kappa shape index (κ3) is 4.36. The fourth-order valence-electron chi connectivity index (χ4n) is 1.87. The number of halogens is 1. The minimum atomic E-state index is -0.509. The summed E-state index contributed by atoms with van der Waals surface area (Å²) in [5.41, 5.74) is 0.555. The second-order valence-corrected chi connectivity index (χ2v) is 4.96. The van der Waals surface area contributed by atoms with Crippen molar-refractivity contribution in [2.45, 2.75) is 25.7 Å². The zero-order valence-electron chi connectivity index (χ0n) is 11.3. The summed E-state index contributed by atoms with van der Waals surface area (Å²) in [4.78, 5) is 11.8. The van der Waals surface area contributed by atoms with Gasteiger partial charge in [-0.1, -0.05) is 24.7 Å². The van der Waals surface area contributed by atoms with E-state index in [0.29, 0.717) is 18.5 Å². The molecule has 0 unspecified atom stereocenters. The highest BCUT2D eigenvalue weighted by Gasteiger charge is 2.20. The second-order valence-electron chi connectivity index (χ2n) is 4.96. The molecule has 2 rings (SSSR count). The smallest absolute Gasteiger partial charge is 0.251 e. The van der Waals surface area contributed by atoms with E-state index in [1.807, 2.05) is 0 Å². The summed E-state index contributed by atoms with van der Waals surface area (Å²) in [6.45, 7) is 0.597. The van der Waals surface area contributed by atoms with Crippen LogP contribution < -0.4 is 5.32 Å². The first-order valence-electron chi connectivity index (χ1n) is 6.88. The van der Waals surface area contributed by atoms with Crippen LogP contribution in [0.3, 0.4) is 0 Å². The molecule has 4 heteroatoms. The molecule has 0 spiro atoms. The molecule has 3 nitrogen and oxygen atoms in total. The normalized spacial score (nSPS) is 13.5. The number of carbonyl (C=O) groups excluding carboxylic acids is 1. The summed E-state index contributed by atoms with van der Waals surface area (Å²) in [5.74, 6) is 5.28. The first-order chi connectivity index (χ1) is 9.70. The van der Waals surface area contributed by atoms with E-state index in [1.54, 1.807) is 6.07 Å². The van der Waals surface area contributed by atoms with Gasteiger partial charge in [-0.15, -0.1) is 0 Å². The zero-order chi connectivity index (χ0) is 14.4. The minimum Gasteiger partial charge on any atom is -0.395 e. The van der Waals surface area contributed by atoms with Crippen LogP contribution in [0.2, 0.25) is 0 Å². The monoisotopic (exact) mass is 275 g/mol. The van der Waals surface area contributed by atoms with Gasteiger partial charge in [-0.2, -0.15) is 0 Å². The number of rotatable bonds is 5. The van der Waals surface area contributed by atoms with Gasteiger partial charge in [-0.25, -0.2) is 4.39 Å². The highest BCUT2D eigenvalue weighted by molar-refractivity contribution is 5.94. The summed E-state index contributed by atoms with van der Waals surface area (Å²) in [7, 11) is 0. The summed E-state index contributed by atoms with van der Waals surface area (Å²) in [6, 6.07) is 4.27. The highest BCUT2D eigenvalue weighted by Crippen LogP contribution is 2.31. The van der Waals surface area contributed by atoms with E-state index in [1.165, 1.54) is 25.0 Å². The number of nitrogens with one attached hydrogen (secondary N) is 1. The summed E-state index contributed by atoms with van der Waals surface area (Å²) in [6.07, 6.45) is 3.82. The second kappa shape index (κ2) is 7.06. The Labute approximate surface area is 118 Å². The van der Waals surface area contributed by atoms with Gasteiger partial charge in [0.25, 0.3) is 5.91 Å². The van der Waals surface area contributed by atoms with Crippen LogP contribution in [0.4, 0.5) is 4.39 Å². The molecule has 20 heavy (non-hydrogen) atoms. The van der Waals surface area contributed by atoms with Crippen LogP contribution in [-0.4, -0.2) is 24.2 Å². The Bertz CT molecular complexity index is 541. The van der Waals surface area contributed by atoms with E-state index < -0.39 is 5.82 Å². The van der Waals surface area contributed by atoms with Crippen molar-refractivity contribution in [1.82, 2.24) is 5.32 Å². The van der Waals surface area contributed by atoms with Crippen molar-refractivity contribution < 1.29 is 14.3 Å². The SMILES string of the molecule is O=C(NCCC1CC1)c1ccc(C#CCCO)c(F)c1. The highest BCUT2D eigenvalue weighted by atomic mass is 19.1. The Morgan fingerprint density at radius 1 is 1.45 bits per heavy atom. The first kappa shape index (κ1) is 14.5. The van der Waals surface area contributed by atoms with Gasteiger partial charge in [0.15, 0.2) is 0 Å². The predicted molar refractivity (Wildman–Crippen MR) is 74.7 cm³/mol. The van der Waals surface area contributed by atoms with E-state index in [9.17, 15) is 9.18 Å². The zero-order valence-corrected chi connectivity index (χ0v) is 11.3. The van der Waals surface area contributed by atoms with E-state index in [-0.39, 0.29) is 18.1 Å². The van der Waals surface area contributed by atoms with Crippen LogP contribution in [0.5, 0.6) is 0 Å². The molecule has 1 aromatic rings. The molecule has 0 aliphatic heterocycles. The van der Waals surface area contributed by atoms with Crippen LogP contribution in [0, 0.1) is 23.6 Å². The maximum absolute atomic E-state index is 13.8. The lowest BCUT2D eigenvalue weighted by molar-refractivity contribution is 0.0952. The third-order valence-corrected chi connectivity index (χ3v) is 3.23. The maximum Gasteiger partial charge on any atom is 0.251 e. The average Bonchev–Trinajstić information content (AvgIpc) is 3.25.